The molecule has 2 atom stereocenters. The first-order valence-electron chi connectivity index (χ1n) is 7.71. The first-order valence-corrected chi connectivity index (χ1v) is 9.10. The second-order valence-electron chi connectivity index (χ2n) is 5.48. The van der Waals surface area contributed by atoms with Gasteiger partial charge in [0.15, 0.2) is 0 Å². The van der Waals surface area contributed by atoms with Crippen molar-refractivity contribution in [1.82, 2.24) is 10.3 Å². The molecule has 2 aromatic rings. The van der Waals surface area contributed by atoms with Crippen LogP contribution in [0.4, 0.5) is 0 Å². The van der Waals surface area contributed by atoms with Gasteiger partial charge in [-0.1, -0.05) is 18.2 Å². The average molecular weight is 361 g/mol. The number of carboxylic acid groups (broad SMARTS) is 1. The second-order valence-corrected chi connectivity index (χ2v) is 6.47. The lowest BCUT2D eigenvalue weighted by Gasteiger charge is -2.17. The molecule has 3 N–H and O–H groups in total. The van der Waals surface area contributed by atoms with Crippen LogP contribution in [0, 0.1) is 0 Å². The van der Waals surface area contributed by atoms with Crippen LogP contribution in [-0.2, 0) is 20.8 Å². The van der Waals surface area contributed by atoms with Gasteiger partial charge in [0.05, 0.1) is 0 Å². The molecule has 2 rings (SSSR count). The maximum Gasteiger partial charge on any atom is 0.326 e. The number of benzene rings is 1. The van der Waals surface area contributed by atoms with Crippen LogP contribution in [0.3, 0.4) is 0 Å². The van der Waals surface area contributed by atoms with Crippen molar-refractivity contribution < 1.29 is 19.5 Å². The number of carbonyl (C=O) groups is 2. The van der Waals surface area contributed by atoms with E-state index in [1.54, 1.807) is 6.20 Å². The summed E-state index contributed by atoms with van der Waals surface area (Å²) in [4.78, 5) is 40.9. The van der Waals surface area contributed by atoms with E-state index in [1.807, 2.05) is 30.5 Å². The number of amides is 1. The fourth-order valence-corrected chi connectivity index (χ4v) is 2.99. The van der Waals surface area contributed by atoms with Crippen molar-refractivity contribution in [2.24, 2.45) is 4.99 Å². The molecule has 0 saturated heterocycles. The lowest BCUT2D eigenvalue weighted by molar-refractivity contribution is -0.141. The molecule has 0 aliphatic heterocycles. The van der Waals surface area contributed by atoms with Crippen molar-refractivity contribution in [2.45, 2.75) is 24.9 Å². The van der Waals surface area contributed by atoms with Crippen LogP contribution < -0.4 is 5.32 Å². The number of nitrogens with zero attached hydrogens (tertiary/aromatic N) is 1. The van der Waals surface area contributed by atoms with Crippen LogP contribution in [0.5, 0.6) is 0 Å². The van der Waals surface area contributed by atoms with E-state index >= 15 is 0 Å². The molecule has 0 aliphatic rings. The first kappa shape index (κ1) is 18.8. The smallest absolute Gasteiger partial charge is 0.326 e. The largest absolute Gasteiger partial charge is 0.480 e. The van der Waals surface area contributed by atoms with E-state index in [-0.39, 0.29) is 6.42 Å². The summed E-state index contributed by atoms with van der Waals surface area (Å²) in [5, 5.41) is 12.8. The standard InChI is InChI=1S/C17H19N3O4S/c1-25-7-6-14(19-10-21)16(22)20-15(17(23)24)8-11-9-18-13-5-3-2-4-12(11)13/h2-5,9,14-15,18H,6-8H2,1H3,(H,20,22)(H,23,24)/t14-,15-/m0/s1. The lowest BCUT2D eigenvalue weighted by Crippen LogP contribution is -2.46. The van der Waals surface area contributed by atoms with E-state index in [4.69, 9.17) is 0 Å². The molecular weight excluding hydrogens is 342 g/mol. The number of thioether (sulfide) groups is 1. The minimum atomic E-state index is -1.14. The highest BCUT2D eigenvalue weighted by molar-refractivity contribution is 7.98. The van der Waals surface area contributed by atoms with Crippen molar-refractivity contribution in [1.29, 1.82) is 0 Å². The predicted molar refractivity (Wildman–Crippen MR) is 96.5 cm³/mol. The van der Waals surface area contributed by atoms with E-state index in [0.29, 0.717) is 12.2 Å². The van der Waals surface area contributed by atoms with Crippen molar-refractivity contribution >= 4 is 40.6 Å². The van der Waals surface area contributed by atoms with Crippen molar-refractivity contribution in [3.63, 3.8) is 0 Å². The first-order chi connectivity index (χ1) is 12.1. The van der Waals surface area contributed by atoms with Crippen LogP contribution in [0.2, 0.25) is 0 Å². The summed E-state index contributed by atoms with van der Waals surface area (Å²) in [5.41, 5.74) is 1.69. The van der Waals surface area contributed by atoms with Gasteiger partial charge in [0.25, 0.3) is 0 Å². The van der Waals surface area contributed by atoms with E-state index in [9.17, 15) is 19.5 Å². The van der Waals surface area contributed by atoms with E-state index in [0.717, 1.165) is 16.5 Å². The molecule has 25 heavy (non-hydrogen) atoms. The normalized spacial score (nSPS) is 13.0. The van der Waals surface area contributed by atoms with Gasteiger partial charge in [0, 0.05) is 23.5 Å². The van der Waals surface area contributed by atoms with E-state index < -0.39 is 24.0 Å². The second kappa shape index (κ2) is 9.05. The molecular formula is C17H19N3O4S. The number of aliphatic carboxylic acids is 1. The molecule has 0 unspecified atom stereocenters. The number of aromatic amines is 1. The van der Waals surface area contributed by atoms with Gasteiger partial charge in [0.1, 0.15) is 12.1 Å². The molecule has 0 radical (unpaired) electrons. The van der Waals surface area contributed by atoms with Crippen LogP contribution in [0.25, 0.3) is 10.9 Å². The Balaban J connectivity index is 2.13. The number of para-hydroxylation sites is 1. The number of H-pyrrole nitrogens is 1. The SMILES string of the molecule is CSCC[C@H](N=C=O)C(=O)N[C@@H](Cc1c[nH]c2ccccc12)C(=O)O. The molecule has 0 bridgehead atoms. The zero-order chi connectivity index (χ0) is 18.2. The Morgan fingerprint density at radius 3 is 2.84 bits per heavy atom. The van der Waals surface area contributed by atoms with E-state index in [1.165, 1.54) is 17.8 Å². The number of nitrogens with one attached hydrogen (secondary N) is 2. The van der Waals surface area contributed by atoms with Gasteiger partial charge in [-0.2, -0.15) is 16.8 Å². The Morgan fingerprint density at radius 2 is 2.16 bits per heavy atom. The Labute approximate surface area is 148 Å². The van der Waals surface area contributed by atoms with Gasteiger partial charge in [-0.25, -0.2) is 9.59 Å². The van der Waals surface area contributed by atoms with Crippen molar-refractivity contribution in [3.8, 4) is 0 Å². The molecule has 1 heterocycles. The monoisotopic (exact) mass is 361 g/mol. The fourth-order valence-electron chi connectivity index (χ4n) is 2.54. The van der Waals surface area contributed by atoms with Gasteiger partial charge in [0.2, 0.25) is 12.0 Å². The third kappa shape index (κ3) is 4.95. The molecule has 1 aromatic carbocycles. The molecule has 0 aliphatic carbocycles. The number of aromatic nitrogens is 1. The van der Waals surface area contributed by atoms with E-state index in [2.05, 4.69) is 15.3 Å². The molecule has 8 heteroatoms. The highest BCUT2D eigenvalue weighted by atomic mass is 32.2. The van der Waals surface area contributed by atoms with Crippen LogP contribution >= 0.6 is 11.8 Å². The Morgan fingerprint density at radius 1 is 1.40 bits per heavy atom. The predicted octanol–water partition coefficient (Wildman–Crippen LogP) is 1.74. The molecule has 1 amide bonds. The topological polar surface area (TPSA) is 112 Å². The Bertz CT molecular complexity index is 798. The number of hydrogen-bond acceptors (Lipinski definition) is 5. The number of carboxylic acids is 1. The maximum absolute atomic E-state index is 12.3. The minimum Gasteiger partial charge on any atom is -0.480 e. The number of isocyanates is 1. The third-order valence-corrected chi connectivity index (χ3v) is 4.46. The number of rotatable bonds is 9. The summed E-state index contributed by atoms with van der Waals surface area (Å²) in [7, 11) is 0. The summed E-state index contributed by atoms with van der Waals surface area (Å²) < 4.78 is 0. The van der Waals surface area contributed by atoms with Gasteiger partial charge < -0.3 is 15.4 Å². The molecule has 1 aromatic heterocycles. The summed E-state index contributed by atoms with van der Waals surface area (Å²) in [6, 6.07) is 5.50. The van der Waals surface area contributed by atoms with Crippen molar-refractivity contribution in [3.05, 3.63) is 36.0 Å². The zero-order valence-corrected chi connectivity index (χ0v) is 14.5. The van der Waals surface area contributed by atoms with Gasteiger partial charge in [-0.05, 0) is 30.1 Å². The minimum absolute atomic E-state index is 0.130. The summed E-state index contributed by atoms with van der Waals surface area (Å²) in [6.45, 7) is 0. The highest BCUT2D eigenvalue weighted by Gasteiger charge is 2.26. The molecule has 132 valence electrons. The Hall–Kier alpha value is -2.57. The number of carbonyl (C=O) groups excluding carboxylic acids is 2. The zero-order valence-electron chi connectivity index (χ0n) is 13.7. The summed E-state index contributed by atoms with van der Waals surface area (Å²) in [5.74, 6) is -1.09. The molecule has 0 saturated carbocycles. The third-order valence-electron chi connectivity index (χ3n) is 3.82. The number of hydrogen-bond donors (Lipinski definition) is 3. The number of fused-ring (bicyclic) bond motifs is 1. The highest BCUT2D eigenvalue weighted by Crippen LogP contribution is 2.19. The summed E-state index contributed by atoms with van der Waals surface area (Å²) >= 11 is 1.51. The maximum atomic E-state index is 12.3. The van der Waals surface area contributed by atoms with Gasteiger partial charge >= 0.3 is 5.97 Å². The van der Waals surface area contributed by atoms with Crippen LogP contribution in [0.15, 0.2) is 35.5 Å². The van der Waals surface area contributed by atoms with Crippen LogP contribution in [0.1, 0.15) is 12.0 Å². The van der Waals surface area contributed by atoms with Crippen LogP contribution in [-0.4, -0.2) is 52.1 Å². The molecule has 0 fully saturated rings. The Kier molecular flexibility index (Phi) is 6.80. The number of aliphatic imine (C=N–C) groups is 1. The summed E-state index contributed by atoms with van der Waals surface area (Å²) in [6.07, 6.45) is 5.47. The average Bonchev–Trinajstić information content (AvgIpc) is 3.01. The van der Waals surface area contributed by atoms with Gasteiger partial charge in [-0.3, -0.25) is 4.79 Å². The lowest BCUT2D eigenvalue weighted by atomic mass is 10.0. The van der Waals surface area contributed by atoms with Gasteiger partial charge in [-0.15, -0.1) is 0 Å². The molecule has 0 spiro atoms. The molecule has 7 nitrogen and oxygen atoms in total. The fraction of sp³-hybridized carbons (Fsp3) is 0.353. The quantitative estimate of drug-likeness (QED) is 0.465. The van der Waals surface area contributed by atoms with Crippen molar-refractivity contribution in [2.75, 3.05) is 12.0 Å².